The molecule has 124 valence electrons. The van der Waals surface area contributed by atoms with E-state index in [0.29, 0.717) is 6.42 Å². The number of thioether (sulfide) groups is 1. The van der Waals surface area contributed by atoms with Gasteiger partial charge in [0.25, 0.3) is 0 Å². The molecule has 1 amide bonds. The Hall–Kier alpha value is -1.41. The van der Waals surface area contributed by atoms with Gasteiger partial charge in [-0.15, -0.1) is 11.3 Å². The number of hydrogen-bond acceptors (Lipinski definition) is 7. The summed E-state index contributed by atoms with van der Waals surface area (Å²) in [6, 6.07) is 0.195. The number of anilines is 1. The van der Waals surface area contributed by atoms with Crippen LogP contribution in [0, 0.1) is 0 Å². The molecule has 1 unspecified atom stereocenters. The lowest BCUT2D eigenvalue weighted by Gasteiger charge is -2.34. The molecule has 0 aromatic carbocycles. The lowest BCUT2D eigenvalue weighted by atomic mass is 10.1. The zero-order chi connectivity index (χ0) is 16.2. The monoisotopic (exact) mass is 351 g/mol. The van der Waals surface area contributed by atoms with E-state index in [1.165, 1.54) is 0 Å². The number of carbonyl (C=O) groups is 1. The molecule has 0 aliphatic carbocycles. The van der Waals surface area contributed by atoms with Gasteiger partial charge in [0.05, 0.1) is 0 Å². The molecular weight excluding hydrogens is 330 g/mol. The Labute approximate surface area is 144 Å². The third kappa shape index (κ3) is 3.74. The molecule has 3 rings (SSSR count). The minimum Gasteiger partial charge on any atom is -0.353 e. The Morgan fingerprint density at radius 1 is 1.52 bits per heavy atom. The summed E-state index contributed by atoms with van der Waals surface area (Å²) in [6.07, 6.45) is 7.16. The molecule has 2 aromatic rings. The van der Waals surface area contributed by atoms with Crippen LogP contribution < -0.4 is 10.2 Å². The summed E-state index contributed by atoms with van der Waals surface area (Å²) in [4.78, 5) is 27.4. The highest BCUT2D eigenvalue weighted by molar-refractivity contribution is 8.00. The van der Waals surface area contributed by atoms with E-state index < -0.39 is 0 Å². The van der Waals surface area contributed by atoms with Gasteiger partial charge in [-0.05, 0) is 25.5 Å². The van der Waals surface area contributed by atoms with E-state index in [-0.39, 0.29) is 11.9 Å². The Balaban J connectivity index is 1.78. The summed E-state index contributed by atoms with van der Waals surface area (Å²) in [5.41, 5.74) is 0.765. The predicted molar refractivity (Wildman–Crippen MR) is 95.3 cm³/mol. The summed E-state index contributed by atoms with van der Waals surface area (Å²) < 4.78 is 2.05. The van der Waals surface area contributed by atoms with Crippen molar-refractivity contribution < 1.29 is 4.79 Å². The number of hydrogen-bond donors (Lipinski definition) is 1. The van der Waals surface area contributed by atoms with Gasteiger partial charge < -0.3 is 10.2 Å². The molecule has 1 saturated heterocycles. The van der Waals surface area contributed by atoms with Gasteiger partial charge in [0.15, 0.2) is 15.8 Å². The second-order valence-corrected chi connectivity index (χ2v) is 7.69. The van der Waals surface area contributed by atoms with Gasteiger partial charge in [-0.1, -0.05) is 18.7 Å². The van der Waals surface area contributed by atoms with E-state index in [1.54, 1.807) is 29.4 Å². The van der Waals surface area contributed by atoms with Crippen LogP contribution in [0.1, 0.15) is 32.6 Å². The molecular formula is C15H21N5OS2. The lowest BCUT2D eigenvalue weighted by Crippen LogP contribution is -2.48. The van der Waals surface area contributed by atoms with Crippen molar-refractivity contribution in [2.75, 3.05) is 24.2 Å². The van der Waals surface area contributed by atoms with E-state index in [0.717, 1.165) is 52.9 Å². The van der Waals surface area contributed by atoms with Crippen molar-refractivity contribution in [3.63, 3.8) is 0 Å². The van der Waals surface area contributed by atoms with Crippen molar-refractivity contribution in [1.82, 2.24) is 20.3 Å². The molecule has 1 fully saturated rings. The van der Waals surface area contributed by atoms with Crippen LogP contribution >= 0.6 is 23.1 Å². The van der Waals surface area contributed by atoms with E-state index >= 15 is 0 Å². The molecule has 1 aliphatic heterocycles. The molecule has 6 nitrogen and oxygen atoms in total. The van der Waals surface area contributed by atoms with Gasteiger partial charge in [0, 0.05) is 25.6 Å². The second-order valence-electron chi connectivity index (χ2n) is 5.64. The minimum atomic E-state index is 0.148. The van der Waals surface area contributed by atoms with Gasteiger partial charge in [-0.2, -0.15) is 0 Å². The fourth-order valence-electron chi connectivity index (χ4n) is 2.85. The number of carbonyl (C=O) groups excluding carboxylic acids is 1. The standard InChI is InChI=1S/C15H21N5OS2/c1-3-5-11(21)18-10-6-4-7-20(8-10)14-12-13(16-9-17-14)19-15(22-2)23-12/h9-10H,3-8H2,1-2H3,(H,18,21). The third-order valence-electron chi connectivity index (χ3n) is 3.89. The summed E-state index contributed by atoms with van der Waals surface area (Å²) in [5.74, 6) is 1.09. The fraction of sp³-hybridized carbons (Fsp3) is 0.600. The van der Waals surface area contributed by atoms with Crippen LogP contribution in [-0.2, 0) is 4.79 Å². The molecule has 0 bridgehead atoms. The number of fused-ring (bicyclic) bond motifs is 1. The van der Waals surface area contributed by atoms with Gasteiger partial charge >= 0.3 is 0 Å². The molecule has 23 heavy (non-hydrogen) atoms. The zero-order valence-corrected chi connectivity index (χ0v) is 15.0. The first-order chi connectivity index (χ1) is 11.2. The first kappa shape index (κ1) is 16.4. The average Bonchev–Trinajstić information content (AvgIpc) is 2.98. The number of nitrogens with zero attached hydrogens (tertiary/aromatic N) is 4. The SMILES string of the molecule is CCCC(=O)NC1CCCN(c2ncnc3nc(SC)sc23)C1. The summed E-state index contributed by atoms with van der Waals surface area (Å²) in [7, 11) is 0. The van der Waals surface area contributed by atoms with Crippen molar-refractivity contribution in [2.24, 2.45) is 0 Å². The smallest absolute Gasteiger partial charge is 0.220 e. The van der Waals surface area contributed by atoms with Crippen LogP contribution in [0.2, 0.25) is 0 Å². The largest absolute Gasteiger partial charge is 0.353 e. The number of thiazole rings is 1. The highest BCUT2D eigenvalue weighted by Gasteiger charge is 2.24. The van der Waals surface area contributed by atoms with Gasteiger partial charge in [-0.3, -0.25) is 4.79 Å². The quantitative estimate of drug-likeness (QED) is 0.835. The van der Waals surface area contributed by atoms with Crippen LogP contribution in [0.15, 0.2) is 10.7 Å². The molecule has 1 aliphatic rings. The number of amides is 1. The predicted octanol–water partition coefficient (Wildman–Crippen LogP) is 2.69. The molecule has 1 N–H and O–H groups in total. The molecule has 1 atom stereocenters. The Morgan fingerprint density at radius 3 is 3.17 bits per heavy atom. The summed E-state index contributed by atoms with van der Waals surface area (Å²) in [5, 5.41) is 3.14. The molecule has 0 radical (unpaired) electrons. The molecule has 2 aromatic heterocycles. The first-order valence-corrected chi connectivity index (χ1v) is 9.95. The zero-order valence-electron chi connectivity index (χ0n) is 13.4. The fourth-order valence-corrected chi connectivity index (χ4v) is 4.38. The van der Waals surface area contributed by atoms with Gasteiger partial charge in [0.2, 0.25) is 5.91 Å². The lowest BCUT2D eigenvalue weighted by molar-refractivity contribution is -0.121. The topological polar surface area (TPSA) is 71.0 Å². The van der Waals surface area contributed by atoms with Crippen LogP contribution in [-0.4, -0.2) is 46.2 Å². The van der Waals surface area contributed by atoms with Gasteiger partial charge in [-0.25, -0.2) is 15.0 Å². The third-order valence-corrected chi connectivity index (χ3v) is 5.92. The van der Waals surface area contributed by atoms with Crippen molar-refractivity contribution in [3.05, 3.63) is 6.33 Å². The molecule has 8 heteroatoms. The second kappa shape index (κ2) is 7.44. The average molecular weight is 352 g/mol. The van der Waals surface area contributed by atoms with E-state index in [9.17, 15) is 4.79 Å². The number of piperidine rings is 1. The van der Waals surface area contributed by atoms with Crippen molar-refractivity contribution in [1.29, 1.82) is 0 Å². The van der Waals surface area contributed by atoms with E-state index in [2.05, 4.69) is 25.2 Å². The maximum atomic E-state index is 11.8. The molecule has 3 heterocycles. The number of nitrogens with one attached hydrogen (secondary N) is 1. The van der Waals surface area contributed by atoms with E-state index in [4.69, 9.17) is 0 Å². The van der Waals surface area contributed by atoms with Crippen molar-refractivity contribution in [3.8, 4) is 0 Å². The maximum Gasteiger partial charge on any atom is 0.220 e. The van der Waals surface area contributed by atoms with Crippen molar-refractivity contribution >= 4 is 45.2 Å². The number of rotatable bonds is 5. The minimum absolute atomic E-state index is 0.148. The molecule has 0 saturated carbocycles. The van der Waals surface area contributed by atoms with Gasteiger partial charge in [0.1, 0.15) is 11.0 Å². The van der Waals surface area contributed by atoms with E-state index in [1.807, 2.05) is 13.2 Å². The van der Waals surface area contributed by atoms with Crippen molar-refractivity contribution in [2.45, 2.75) is 43.0 Å². The highest BCUT2D eigenvalue weighted by Crippen LogP contribution is 2.33. The summed E-state index contributed by atoms with van der Waals surface area (Å²) in [6.45, 7) is 3.78. The van der Waals surface area contributed by atoms with Crippen LogP contribution in [0.25, 0.3) is 10.3 Å². The normalized spacial score (nSPS) is 18.3. The van der Waals surface area contributed by atoms with Crippen LogP contribution in [0.4, 0.5) is 5.82 Å². The Kier molecular flexibility index (Phi) is 5.32. The van der Waals surface area contributed by atoms with Crippen LogP contribution in [0.5, 0.6) is 0 Å². The number of aromatic nitrogens is 3. The highest BCUT2D eigenvalue weighted by atomic mass is 32.2. The van der Waals surface area contributed by atoms with Crippen LogP contribution in [0.3, 0.4) is 0 Å². The molecule has 0 spiro atoms. The Bertz CT molecular complexity index is 690. The maximum absolute atomic E-state index is 11.8. The summed E-state index contributed by atoms with van der Waals surface area (Å²) >= 11 is 3.27. The first-order valence-electron chi connectivity index (χ1n) is 7.91. The Morgan fingerprint density at radius 2 is 2.39 bits per heavy atom.